The lowest BCUT2D eigenvalue weighted by Crippen LogP contribution is -2.28. The van der Waals surface area contributed by atoms with Gasteiger partial charge in [-0.15, -0.1) is 0 Å². The number of ether oxygens (including phenoxy) is 1. The van der Waals surface area contributed by atoms with Crippen molar-refractivity contribution in [1.29, 1.82) is 0 Å². The Kier molecular flexibility index (Phi) is 5.24. The molecular formula is C21H20N4O4. The van der Waals surface area contributed by atoms with Gasteiger partial charge in [-0.3, -0.25) is 14.6 Å². The van der Waals surface area contributed by atoms with Crippen molar-refractivity contribution >= 4 is 17.5 Å². The number of nitrogens with one attached hydrogen (secondary N) is 1. The van der Waals surface area contributed by atoms with Gasteiger partial charge in [0.05, 0.1) is 24.9 Å². The van der Waals surface area contributed by atoms with Crippen LogP contribution in [0.3, 0.4) is 0 Å². The van der Waals surface area contributed by atoms with Gasteiger partial charge in [0, 0.05) is 31.0 Å². The summed E-state index contributed by atoms with van der Waals surface area (Å²) in [5.74, 6) is 1.07. The highest BCUT2D eigenvalue weighted by molar-refractivity contribution is 5.97. The minimum Gasteiger partial charge on any atom is -0.467 e. The molecule has 2 aromatic heterocycles. The van der Waals surface area contributed by atoms with Crippen LogP contribution in [-0.4, -0.2) is 33.2 Å². The van der Waals surface area contributed by atoms with Crippen molar-refractivity contribution in [3.63, 3.8) is 0 Å². The minimum atomic E-state index is -0.396. The van der Waals surface area contributed by atoms with E-state index in [-0.39, 0.29) is 18.2 Å². The molecule has 0 radical (unpaired) electrons. The highest BCUT2D eigenvalue weighted by Crippen LogP contribution is 2.27. The number of likely N-dealkylation sites (tertiary alicyclic amines) is 1. The number of amides is 2. The molecule has 1 fully saturated rings. The number of furan rings is 1. The molecule has 3 heterocycles. The quantitative estimate of drug-likeness (QED) is 0.692. The maximum Gasteiger partial charge on any atom is 0.237 e. The van der Waals surface area contributed by atoms with E-state index in [1.54, 1.807) is 41.8 Å². The van der Waals surface area contributed by atoms with Gasteiger partial charge < -0.3 is 19.4 Å². The van der Waals surface area contributed by atoms with Gasteiger partial charge in [-0.25, -0.2) is 4.98 Å². The van der Waals surface area contributed by atoms with Crippen LogP contribution in [0.1, 0.15) is 17.7 Å². The van der Waals surface area contributed by atoms with E-state index >= 15 is 0 Å². The third-order valence-electron chi connectivity index (χ3n) is 4.73. The molecule has 1 unspecified atom stereocenters. The number of aromatic nitrogens is 2. The number of carbonyl (C=O) groups excluding carboxylic acids is 2. The first-order chi connectivity index (χ1) is 14.1. The second-order valence-corrected chi connectivity index (χ2v) is 6.87. The number of hydrogen-bond acceptors (Lipinski definition) is 6. The van der Waals surface area contributed by atoms with E-state index in [9.17, 15) is 9.59 Å². The van der Waals surface area contributed by atoms with Gasteiger partial charge in [0.1, 0.15) is 11.5 Å². The minimum absolute atomic E-state index is 0.0500. The Morgan fingerprint density at radius 2 is 2.24 bits per heavy atom. The second kappa shape index (κ2) is 8.14. The van der Waals surface area contributed by atoms with Crippen LogP contribution in [0.15, 0.2) is 59.6 Å². The molecule has 8 heteroatoms. The highest BCUT2D eigenvalue weighted by atomic mass is 16.5. The summed E-state index contributed by atoms with van der Waals surface area (Å²) in [4.78, 5) is 34.6. The predicted molar refractivity (Wildman–Crippen MR) is 104 cm³/mol. The van der Waals surface area contributed by atoms with E-state index < -0.39 is 5.92 Å². The fourth-order valence-corrected chi connectivity index (χ4v) is 3.22. The molecule has 1 atom stereocenters. The molecule has 1 saturated heterocycles. The van der Waals surface area contributed by atoms with Crippen LogP contribution in [0.2, 0.25) is 0 Å². The average Bonchev–Trinajstić information content (AvgIpc) is 3.35. The molecule has 0 bridgehead atoms. The van der Waals surface area contributed by atoms with Gasteiger partial charge in [0.25, 0.3) is 0 Å². The number of benzene rings is 1. The largest absolute Gasteiger partial charge is 0.467 e. The molecule has 2 amide bonds. The molecule has 3 aromatic rings. The monoisotopic (exact) mass is 392 g/mol. The molecule has 148 valence electrons. The Labute approximate surface area is 167 Å². The van der Waals surface area contributed by atoms with Gasteiger partial charge in [-0.1, -0.05) is 0 Å². The average molecular weight is 392 g/mol. The Morgan fingerprint density at radius 3 is 2.97 bits per heavy atom. The van der Waals surface area contributed by atoms with E-state index in [1.807, 2.05) is 19.1 Å². The van der Waals surface area contributed by atoms with Gasteiger partial charge in [0.15, 0.2) is 0 Å². The van der Waals surface area contributed by atoms with Crippen molar-refractivity contribution in [2.24, 2.45) is 5.92 Å². The first-order valence-corrected chi connectivity index (χ1v) is 9.24. The van der Waals surface area contributed by atoms with Gasteiger partial charge in [-0.05, 0) is 42.8 Å². The molecule has 8 nitrogen and oxygen atoms in total. The number of hydrogen-bond donors (Lipinski definition) is 1. The zero-order chi connectivity index (χ0) is 20.2. The third-order valence-corrected chi connectivity index (χ3v) is 4.73. The van der Waals surface area contributed by atoms with Crippen LogP contribution in [0.4, 0.5) is 5.69 Å². The first kappa shape index (κ1) is 18.7. The molecule has 1 aliphatic heterocycles. The molecule has 29 heavy (non-hydrogen) atoms. The van der Waals surface area contributed by atoms with Crippen molar-refractivity contribution in [2.45, 2.75) is 19.9 Å². The van der Waals surface area contributed by atoms with Crippen LogP contribution in [0, 0.1) is 12.8 Å². The zero-order valence-corrected chi connectivity index (χ0v) is 15.9. The number of carbonyl (C=O) groups is 2. The summed E-state index contributed by atoms with van der Waals surface area (Å²) in [5, 5.41) is 2.92. The Morgan fingerprint density at radius 1 is 1.34 bits per heavy atom. The maximum atomic E-state index is 12.7. The summed E-state index contributed by atoms with van der Waals surface area (Å²) in [7, 11) is 0. The summed E-state index contributed by atoms with van der Waals surface area (Å²) in [6.07, 6.45) is 6.41. The summed E-state index contributed by atoms with van der Waals surface area (Å²) in [6, 6.07) is 8.93. The van der Waals surface area contributed by atoms with E-state index in [2.05, 4.69) is 15.3 Å². The summed E-state index contributed by atoms with van der Waals surface area (Å²) in [6.45, 7) is 2.63. The molecule has 1 N–H and O–H groups in total. The van der Waals surface area contributed by atoms with Crippen LogP contribution in [-0.2, 0) is 16.1 Å². The fourth-order valence-electron chi connectivity index (χ4n) is 3.22. The Bertz CT molecular complexity index is 1000. The molecule has 1 aromatic carbocycles. The predicted octanol–water partition coefficient (Wildman–Crippen LogP) is 3.16. The molecule has 4 rings (SSSR count). The van der Waals surface area contributed by atoms with Crippen molar-refractivity contribution in [3.05, 3.63) is 66.5 Å². The lowest BCUT2D eigenvalue weighted by Gasteiger charge is -2.16. The normalized spacial score (nSPS) is 16.1. The van der Waals surface area contributed by atoms with E-state index in [1.165, 1.54) is 6.20 Å². The van der Waals surface area contributed by atoms with Crippen LogP contribution in [0.5, 0.6) is 11.6 Å². The first-order valence-electron chi connectivity index (χ1n) is 9.24. The van der Waals surface area contributed by atoms with E-state index in [0.29, 0.717) is 36.2 Å². The number of anilines is 1. The summed E-state index contributed by atoms with van der Waals surface area (Å²) < 4.78 is 10.9. The van der Waals surface area contributed by atoms with Crippen molar-refractivity contribution in [1.82, 2.24) is 14.9 Å². The summed E-state index contributed by atoms with van der Waals surface area (Å²) in [5.41, 5.74) is 1.52. The zero-order valence-electron chi connectivity index (χ0n) is 15.9. The van der Waals surface area contributed by atoms with E-state index in [4.69, 9.17) is 9.15 Å². The molecular weight excluding hydrogens is 372 g/mol. The second-order valence-electron chi connectivity index (χ2n) is 6.87. The molecule has 0 spiro atoms. The van der Waals surface area contributed by atoms with Crippen LogP contribution < -0.4 is 10.1 Å². The van der Waals surface area contributed by atoms with Crippen LogP contribution >= 0.6 is 0 Å². The Balaban J connectivity index is 1.37. The molecule has 1 aliphatic rings. The van der Waals surface area contributed by atoms with Gasteiger partial charge >= 0.3 is 0 Å². The highest BCUT2D eigenvalue weighted by Gasteiger charge is 2.34. The fraction of sp³-hybridized carbons (Fsp3) is 0.238. The number of rotatable bonds is 6. The van der Waals surface area contributed by atoms with E-state index in [0.717, 1.165) is 5.56 Å². The van der Waals surface area contributed by atoms with Crippen molar-refractivity contribution in [3.8, 4) is 11.6 Å². The van der Waals surface area contributed by atoms with Crippen molar-refractivity contribution < 1.29 is 18.7 Å². The third kappa shape index (κ3) is 4.43. The molecule has 0 saturated carbocycles. The van der Waals surface area contributed by atoms with Gasteiger partial charge in [-0.2, -0.15) is 0 Å². The van der Waals surface area contributed by atoms with Crippen LogP contribution in [0.25, 0.3) is 0 Å². The summed E-state index contributed by atoms with van der Waals surface area (Å²) >= 11 is 0. The standard InChI is InChI=1S/C21H20N4O4/c1-14-9-16(29-19-11-22-6-7-23-19)4-5-18(14)24-21(27)15-10-20(26)25(12-15)13-17-3-2-8-28-17/h2-9,11,15H,10,12-13H2,1H3,(H,24,27). The number of aryl methyl sites for hydroxylation is 1. The maximum absolute atomic E-state index is 12.7. The Hall–Kier alpha value is -3.68. The lowest BCUT2D eigenvalue weighted by atomic mass is 10.1. The SMILES string of the molecule is Cc1cc(Oc2cnccn2)ccc1NC(=O)C1CC(=O)N(Cc2ccco2)C1. The van der Waals surface area contributed by atoms with Gasteiger partial charge in [0.2, 0.25) is 17.7 Å². The topological polar surface area (TPSA) is 97.6 Å². The smallest absolute Gasteiger partial charge is 0.237 e. The molecule has 0 aliphatic carbocycles. The van der Waals surface area contributed by atoms with Crippen molar-refractivity contribution in [2.75, 3.05) is 11.9 Å². The lowest BCUT2D eigenvalue weighted by molar-refractivity contribution is -0.128. The number of nitrogens with zero attached hydrogens (tertiary/aromatic N) is 3.